The molecule has 0 aromatic rings. The average Bonchev–Trinajstić information content (AvgIpc) is 1.88. The summed E-state index contributed by atoms with van der Waals surface area (Å²) in [6.45, 7) is 7.40. The standard InChI is InChI=1S/C8H14N2O/c1-6(2)4-7(3)8(5-11)10-9/h4,11H,3,5,9H2,1-2H3/b10-8-. The molecule has 3 N–H and O–H groups in total. The zero-order chi connectivity index (χ0) is 8.85. The molecule has 0 saturated heterocycles. The molecule has 0 fully saturated rings. The summed E-state index contributed by atoms with van der Waals surface area (Å²) in [5.41, 5.74) is 2.19. The first kappa shape index (κ1) is 9.91. The van der Waals surface area contributed by atoms with Gasteiger partial charge in [-0.2, -0.15) is 5.10 Å². The molecule has 0 aromatic carbocycles. The van der Waals surface area contributed by atoms with Gasteiger partial charge in [-0.05, 0) is 19.4 Å². The van der Waals surface area contributed by atoms with Crippen LogP contribution in [0.25, 0.3) is 0 Å². The van der Waals surface area contributed by atoms with Crippen molar-refractivity contribution in [3.8, 4) is 0 Å². The summed E-state index contributed by atoms with van der Waals surface area (Å²) in [6.07, 6.45) is 1.82. The Bertz CT molecular complexity index is 200. The summed E-state index contributed by atoms with van der Waals surface area (Å²) in [7, 11) is 0. The van der Waals surface area contributed by atoms with Crippen LogP contribution in [0.2, 0.25) is 0 Å². The third kappa shape index (κ3) is 3.57. The lowest BCUT2D eigenvalue weighted by Crippen LogP contribution is -2.08. The molecule has 62 valence electrons. The fourth-order valence-electron chi connectivity index (χ4n) is 0.657. The third-order valence-electron chi connectivity index (χ3n) is 1.14. The number of allylic oxidation sites excluding steroid dienone is 2. The van der Waals surface area contributed by atoms with E-state index in [1.807, 2.05) is 19.9 Å². The monoisotopic (exact) mass is 154 g/mol. The quantitative estimate of drug-likeness (QED) is 0.273. The van der Waals surface area contributed by atoms with Crippen molar-refractivity contribution in [3.05, 3.63) is 23.8 Å². The van der Waals surface area contributed by atoms with Crippen LogP contribution in [0.1, 0.15) is 13.8 Å². The highest BCUT2D eigenvalue weighted by atomic mass is 16.3. The molecule has 0 saturated carbocycles. The first-order chi connectivity index (χ1) is 5.11. The van der Waals surface area contributed by atoms with Crippen LogP contribution >= 0.6 is 0 Å². The molecule has 0 atom stereocenters. The van der Waals surface area contributed by atoms with Crippen LogP contribution in [0.4, 0.5) is 0 Å². The van der Waals surface area contributed by atoms with Gasteiger partial charge in [-0.3, -0.25) is 0 Å². The Morgan fingerprint density at radius 2 is 2.18 bits per heavy atom. The second-order valence-corrected chi connectivity index (χ2v) is 2.48. The van der Waals surface area contributed by atoms with Crippen LogP contribution in [0.15, 0.2) is 28.9 Å². The first-order valence-corrected chi connectivity index (χ1v) is 3.33. The molecular weight excluding hydrogens is 140 g/mol. The maximum absolute atomic E-state index is 8.71. The Morgan fingerprint density at radius 3 is 2.45 bits per heavy atom. The molecule has 0 aliphatic rings. The largest absolute Gasteiger partial charge is 0.390 e. The number of nitrogens with zero attached hydrogens (tertiary/aromatic N) is 1. The first-order valence-electron chi connectivity index (χ1n) is 3.33. The van der Waals surface area contributed by atoms with Crippen molar-refractivity contribution in [3.63, 3.8) is 0 Å². The number of rotatable bonds is 3. The Labute approximate surface area is 66.9 Å². The predicted octanol–water partition coefficient (Wildman–Crippen LogP) is 0.816. The fourth-order valence-corrected chi connectivity index (χ4v) is 0.657. The van der Waals surface area contributed by atoms with Gasteiger partial charge in [0.2, 0.25) is 0 Å². The predicted molar refractivity (Wildman–Crippen MR) is 47.3 cm³/mol. The van der Waals surface area contributed by atoms with Gasteiger partial charge in [0.25, 0.3) is 0 Å². The molecule has 0 unspecified atom stereocenters. The minimum absolute atomic E-state index is 0.168. The molecule has 0 heterocycles. The summed E-state index contributed by atoms with van der Waals surface area (Å²) in [6, 6.07) is 0. The van der Waals surface area contributed by atoms with Crippen LogP contribution in [0.5, 0.6) is 0 Å². The van der Waals surface area contributed by atoms with Crippen LogP contribution in [0.3, 0.4) is 0 Å². The van der Waals surface area contributed by atoms with Crippen molar-refractivity contribution in [2.45, 2.75) is 13.8 Å². The van der Waals surface area contributed by atoms with E-state index >= 15 is 0 Å². The van der Waals surface area contributed by atoms with Gasteiger partial charge in [-0.1, -0.05) is 18.2 Å². The van der Waals surface area contributed by atoms with Gasteiger partial charge >= 0.3 is 0 Å². The molecule has 0 aliphatic carbocycles. The summed E-state index contributed by atoms with van der Waals surface area (Å²) < 4.78 is 0. The van der Waals surface area contributed by atoms with Crippen LogP contribution < -0.4 is 5.84 Å². The minimum atomic E-state index is -0.168. The zero-order valence-corrected chi connectivity index (χ0v) is 6.96. The van der Waals surface area contributed by atoms with E-state index in [0.717, 1.165) is 5.57 Å². The Morgan fingerprint density at radius 1 is 1.64 bits per heavy atom. The molecular formula is C8H14N2O. The van der Waals surface area contributed by atoms with E-state index in [0.29, 0.717) is 11.3 Å². The number of nitrogens with two attached hydrogens (primary N) is 1. The molecule has 3 heteroatoms. The maximum atomic E-state index is 8.71. The van der Waals surface area contributed by atoms with E-state index in [4.69, 9.17) is 10.9 Å². The average molecular weight is 154 g/mol. The molecule has 0 aliphatic heterocycles. The Kier molecular flexibility index (Phi) is 4.22. The van der Waals surface area contributed by atoms with Crippen LogP contribution in [-0.4, -0.2) is 17.4 Å². The van der Waals surface area contributed by atoms with Gasteiger partial charge in [0.05, 0.1) is 12.3 Å². The lowest BCUT2D eigenvalue weighted by Gasteiger charge is -2.00. The molecule has 3 nitrogen and oxygen atoms in total. The van der Waals surface area contributed by atoms with Crippen molar-refractivity contribution in [1.29, 1.82) is 0 Å². The van der Waals surface area contributed by atoms with E-state index in [1.165, 1.54) is 0 Å². The van der Waals surface area contributed by atoms with Gasteiger partial charge in [0.15, 0.2) is 0 Å². The fraction of sp³-hybridized carbons (Fsp3) is 0.375. The van der Waals surface area contributed by atoms with Gasteiger partial charge in [-0.25, -0.2) is 0 Å². The summed E-state index contributed by atoms with van der Waals surface area (Å²) >= 11 is 0. The van der Waals surface area contributed by atoms with Crippen molar-refractivity contribution < 1.29 is 5.11 Å². The highest BCUT2D eigenvalue weighted by Gasteiger charge is 1.98. The molecule has 0 spiro atoms. The smallest absolute Gasteiger partial charge is 0.0920 e. The Balaban J connectivity index is 4.37. The van der Waals surface area contributed by atoms with Crippen LogP contribution in [0, 0.1) is 0 Å². The second kappa shape index (κ2) is 4.68. The third-order valence-corrected chi connectivity index (χ3v) is 1.14. The molecule has 0 rings (SSSR count). The van der Waals surface area contributed by atoms with Gasteiger partial charge in [0.1, 0.15) is 0 Å². The second-order valence-electron chi connectivity index (χ2n) is 2.48. The minimum Gasteiger partial charge on any atom is -0.390 e. The lowest BCUT2D eigenvalue weighted by atomic mass is 10.1. The van der Waals surface area contributed by atoms with Crippen LogP contribution in [-0.2, 0) is 0 Å². The van der Waals surface area contributed by atoms with Crippen molar-refractivity contribution in [1.82, 2.24) is 0 Å². The van der Waals surface area contributed by atoms with E-state index < -0.39 is 0 Å². The molecule has 0 aromatic heterocycles. The topological polar surface area (TPSA) is 58.6 Å². The summed E-state index contributed by atoms with van der Waals surface area (Å²) in [4.78, 5) is 0. The van der Waals surface area contributed by atoms with Crippen molar-refractivity contribution in [2.24, 2.45) is 10.9 Å². The van der Waals surface area contributed by atoms with E-state index in [1.54, 1.807) is 0 Å². The molecule has 0 bridgehead atoms. The van der Waals surface area contributed by atoms with Crippen molar-refractivity contribution >= 4 is 5.71 Å². The number of hydrazone groups is 1. The highest BCUT2D eigenvalue weighted by Crippen LogP contribution is 2.00. The summed E-state index contributed by atoms with van der Waals surface area (Å²) in [5.74, 6) is 5.00. The normalized spacial score (nSPS) is 11.0. The maximum Gasteiger partial charge on any atom is 0.0920 e. The van der Waals surface area contributed by atoms with E-state index in [2.05, 4.69) is 11.7 Å². The van der Waals surface area contributed by atoms with Crippen molar-refractivity contribution in [2.75, 3.05) is 6.61 Å². The summed E-state index contributed by atoms with van der Waals surface area (Å²) in [5, 5.41) is 12.1. The van der Waals surface area contributed by atoms with E-state index in [9.17, 15) is 0 Å². The molecule has 0 amide bonds. The highest BCUT2D eigenvalue weighted by molar-refractivity contribution is 6.02. The lowest BCUT2D eigenvalue weighted by molar-refractivity contribution is 0.357. The van der Waals surface area contributed by atoms with Gasteiger partial charge in [-0.15, -0.1) is 0 Å². The molecule has 11 heavy (non-hydrogen) atoms. The number of hydrogen-bond acceptors (Lipinski definition) is 3. The zero-order valence-electron chi connectivity index (χ0n) is 6.96. The number of aliphatic hydroxyl groups is 1. The van der Waals surface area contributed by atoms with E-state index in [-0.39, 0.29) is 6.61 Å². The van der Waals surface area contributed by atoms with Gasteiger partial charge in [0, 0.05) is 0 Å². The number of aliphatic hydroxyl groups excluding tert-OH is 1. The number of hydrogen-bond donors (Lipinski definition) is 2. The molecule has 0 radical (unpaired) electrons. The van der Waals surface area contributed by atoms with Gasteiger partial charge < -0.3 is 10.9 Å². The Hall–Kier alpha value is -1.09. The SMILES string of the molecule is C=C(C=C(C)C)/C(CO)=N\N.